The van der Waals surface area contributed by atoms with E-state index in [1.807, 2.05) is 0 Å². The third kappa shape index (κ3) is 4.08. The van der Waals surface area contributed by atoms with Crippen LogP contribution in [0, 0.1) is 0 Å². The zero-order valence-corrected chi connectivity index (χ0v) is 15.5. The van der Waals surface area contributed by atoms with Gasteiger partial charge in [-0.1, -0.05) is 34.1 Å². The number of halogens is 1. The molecule has 6 nitrogen and oxygen atoms in total. The summed E-state index contributed by atoms with van der Waals surface area (Å²) in [6, 6.07) is 13.0. The minimum Gasteiger partial charge on any atom is -0.280 e. The topological polar surface area (TPSA) is 83.6 Å². The lowest BCUT2D eigenvalue weighted by Crippen LogP contribution is -2.28. The molecule has 1 saturated heterocycles. The molecule has 8 heteroatoms. The molecular weight excluding hydrogens is 408 g/mol. The smallest absolute Gasteiger partial charge is 0.261 e. The van der Waals surface area contributed by atoms with Crippen LogP contribution in [-0.4, -0.2) is 25.1 Å². The number of amides is 2. The molecule has 2 aromatic rings. The van der Waals surface area contributed by atoms with Crippen LogP contribution in [0.2, 0.25) is 0 Å². The first-order valence-electron chi connectivity index (χ1n) is 7.56. The Morgan fingerprint density at radius 2 is 1.64 bits per heavy atom. The lowest BCUT2D eigenvalue weighted by molar-refractivity contribution is -0.139. The summed E-state index contributed by atoms with van der Waals surface area (Å²) < 4.78 is 27.9. The van der Waals surface area contributed by atoms with E-state index in [9.17, 15) is 18.0 Å². The fraction of sp³-hybridized carbons (Fsp3) is 0.176. The Hall–Kier alpha value is -2.19. The number of imide groups is 1. The lowest BCUT2D eigenvalue weighted by atomic mass is 10.2. The van der Waals surface area contributed by atoms with Crippen molar-refractivity contribution in [2.24, 2.45) is 0 Å². The number of anilines is 1. The summed E-state index contributed by atoms with van der Waals surface area (Å²) in [6.45, 7) is 0.205. The second-order valence-corrected chi connectivity index (χ2v) is 8.23. The van der Waals surface area contributed by atoms with Crippen molar-refractivity contribution in [3.8, 4) is 0 Å². The van der Waals surface area contributed by atoms with E-state index in [0.717, 1.165) is 5.56 Å². The zero-order chi connectivity index (χ0) is 18.0. The second-order valence-electron chi connectivity index (χ2n) is 5.63. The summed E-state index contributed by atoms with van der Waals surface area (Å²) in [7, 11) is -3.69. The number of nitrogens with zero attached hydrogens (tertiary/aromatic N) is 1. The standard InChI is InChI=1S/C17H15BrN2O4S/c18-13-2-1-3-15(10-13)25(23,24)19-14-6-4-12(5-7-14)11-20-16(21)8-9-17(20)22/h1-7,10,19H,8-9,11H2. The Kier molecular flexibility index (Phi) is 4.91. The minimum absolute atomic E-state index is 0.152. The van der Waals surface area contributed by atoms with Gasteiger partial charge >= 0.3 is 0 Å². The molecule has 1 aliphatic rings. The van der Waals surface area contributed by atoms with Crippen LogP contribution in [0.25, 0.3) is 0 Å². The summed E-state index contributed by atoms with van der Waals surface area (Å²) in [5, 5.41) is 0. The molecule has 1 heterocycles. The number of nitrogens with one attached hydrogen (secondary N) is 1. The average Bonchev–Trinajstić information content (AvgIpc) is 2.88. The van der Waals surface area contributed by atoms with Crippen LogP contribution in [0.5, 0.6) is 0 Å². The zero-order valence-electron chi connectivity index (χ0n) is 13.1. The van der Waals surface area contributed by atoms with Gasteiger partial charge in [-0.15, -0.1) is 0 Å². The van der Waals surface area contributed by atoms with Crippen LogP contribution in [0.1, 0.15) is 18.4 Å². The van der Waals surface area contributed by atoms with Gasteiger partial charge in [0.05, 0.1) is 11.4 Å². The van der Waals surface area contributed by atoms with Gasteiger partial charge in [0.15, 0.2) is 0 Å². The van der Waals surface area contributed by atoms with E-state index < -0.39 is 10.0 Å². The maximum atomic E-state index is 12.4. The first-order chi connectivity index (χ1) is 11.8. The molecule has 1 aliphatic heterocycles. The summed E-state index contributed by atoms with van der Waals surface area (Å²) in [5.74, 6) is -0.353. The van der Waals surface area contributed by atoms with Gasteiger partial charge in [0.1, 0.15) is 0 Å². The second kappa shape index (κ2) is 6.97. The summed E-state index contributed by atoms with van der Waals surface area (Å²) >= 11 is 3.25. The van der Waals surface area contributed by atoms with E-state index in [1.54, 1.807) is 36.4 Å². The quantitative estimate of drug-likeness (QED) is 0.750. The molecule has 1 N–H and O–H groups in total. The highest BCUT2D eigenvalue weighted by Crippen LogP contribution is 2.21. The van der Waals surface area contributed by atoms with Crippen molar-refractivity contribution in [3.63, 3.8) is 0 Å². The van der Waals surface area contributed by atoms with Gasteiger partial charge in [0.25, 0.3) is 10.0 Å². The molecule has 0 saturated carbocycles. The lowest BCUT2D eigenvalue weighted by Gasteiger charge is -2.14. The highest BCUT2D eigenvalue weighted by Gasteiger charge is 2.28. The molecule has 0 aromatic heterocycles. The average molecular weight is 423 g/mol. The third-order valence-corrected chi connectivity index (χ3v) is 5.68. The van der Waals surface area contributed by atoms with E-state index in [4.69, 9.17) is 0 Å². The van der Waals surface area contributed by atoms with Gasteiger partial charge in [-0.25, -0.2) is 8.42 Å². The van der Waals surface area contributed by atoms with Crippen LogP contribution in [0.3, 0.4) is 0 Å². The van der Waals surface area contributed by atoms with Gasteiger partial charge < -0.3 is 0 Å². The molecule has 0 aliphatic carbocycles. The van der Waals surface area contributed by atoms with Gasteiger partial charge in [-0.05, 0) is 35.9 Å². The van der Waals surface area contributed by atoms with E-state index in [2.05, 4.69) is 20.7 Å². The molecule has 0 spiro atoms. The van der Waals surface area contributed by atoms with E-state index >= 15 is 0 Å². The highest BCUT2D eigenvalue weighted by atomic mass is 79.9. The van der Waals surface area contributed by atoms with Gasteiger partial charge in [-0.3, -0.25) is 19.2 Å². The van der Waals surface area contributed by atoms with Crippen molar-refractivity contribution >= 4 is 43.5 Å². The Morgan fingerprint density at radius 3 is 2.24 bits per heavy atom. The number of benzene rings is 2. The van der Waals surface area contributed by atoms with E-state index in [1.165, 1.54) is 17.0 Å². The fourth-order valence-corrected chi connectivity index (χ4v) is 4.16. The Labute approximate surface area is 154 Å². The molecule has 130 valence electrons. The molecule has 0 bridgehead atoms. The van der Waals surface area contributed by atoms with Crippen LogP contribution in [0.4, 0.5) is 5.69 Å². The van der Waals surface area contributed by atoms with Gasteiger partial charge in [0, 0.05) is 23.0 Å². The van der Waals surface area contributed by atoms with Crippen molar-refractivity contribution in [3.05, 3.63) is 58.6 Å². The minimum atomic E-state index is -3.69. The number of hydrogen-bond donors (Lipinski definition) is 1. The maximum absolute atomic E-state index is 12.4. The van der Waals surface area contributed by atoms with E-state index in [-0.39, 0.29) is 36.1 Å². The number of sulfonamides is 1. The molecule has 0 radical (unpaired) electrons. The SMILES string of the molecule is O=C1CCC(=O)N1Cc1ccc(NS(=O)(=O)c2cccc(Br)c2)cc1. The predicted molar refractivity (Wildman–Crippen MR) is 96.2 cm³/mol. The third-order valence-electron chi connectivity index (χ3n) is 3.81. The number of carbonyl (C=O) groups is 2. The summed E-state index contributed by atoms with van der Waals surface area (Å²) in [6.07, 6.45) is 0.507. The number of rotatable bonds is 5. The molecule has 0 unspecified atom stereocenters. The molecule has 0 atom stereocenters. The van der Waals surface area contributed by atoms with Crippen LogP contribution < -0.4 is 4.72 Å². The van der Waals surface area contributed by atoms with Crippen molar-refractivity contribution in [1.82, 2.24) is 4.90 Å². The molecular formula is C17H15BrN2O4S. The van der Waals surface area contributed by atoms with Gasteiger partial charge in [0.2, 0.25) is 11.8 Å². The van der Waals surface area contributed by atoms with Gasteiger partial charge in [-0.2, -0.15) is 0 Å². The van der Waals surface area contributed by atoms with Crippen molar-refractivity contribution in [2.75, 3.05) is 4.72 Å². The molecule has 2 aromatic carbocycles. The molecule has 2 amide bonds. The first-order valence-corrected chi connectivity index (χ1v) is 9.83. The van der Waals surface area contributed by atoms with Crippen molar-refractivity contribution in [2.45, 2.75) is 24.3 Å². The van der Waals surface area contributed by atoms with Crippen molar-refractivity contribution in [1.29, 1.82) is 0 Å². The number of carbonyl (C=O) groups excluding carboxylic acids is 2. The summed E-state index contributed by atoms with van der Waals surface area (Å²) in [4.78, 5) is 24.7. The van der Waals surface area contributed by atoms with Crippen LogP contribution in [-0.2, 0) is 26.2 Å². The molecule has 25 heavy (non-hydrogen) atoms. The predicted octanol–water partition coefficient (Wildman–Crippen LogP) is 2.90. The Balaban J connectivity index is 1.72. The van der Waals surface area contributed by atoms with Crippen molar-refractivity contribution < 1.29 is 18.0 Å². The molecule has 1 fully saturated rings. The highest BCUT2D eigenvalue weighted by molar-refractivity contribution is 9.10. The summed E-state index contributed by atoms with van der Waals surface area (Å²) in [5.41, 5.74) is 1.16. The number of hydrogen-bond acceptors (Lipinski definition) is 4. The fourth-order valence-electron chi connectivity index (χ4n) is 2.51. The monoisotopic (exact) mass is 422 g/mol. The Bertz CT molecular complexity index is 910. The normalized spacial score (nSPS) is 14.8. The largest absolute Gasteiger partial charge is 0.280 e. The number of likely N-dealkylation sites (tertiary alicyclic amines) is 1. The van der Waals surface area contributed by atoms with E-state index in [0.29, 0.717) is 10.2 Å². The van der Waals surface area contributed by atoms with Crippen LogP contribution in [0.15, 0.2) is 57.9 Å². The first kappa shape index (κ1) is 17.6. The Morgan fingerprint density at radius 1 is 1.00 bits per heavy atom. The molecule has 3 rings (SSSR count). The van der Waals surface area contributed by atoms with Crippen LogP contribution >= 0.6 is 15.9 Å². The maximum Gasteiger partial charge on any atom is 0.261 e.